The number of ether oxygens (including phenoxy) is 1. The van der Waals surface area contributed by atoms with Gasteiger partial charge in [0, 0.05) is 21.7 Å². The highest BCUT2D eigenvalue weighted by atomic mass is 16.5. The molecule has 1 atom stereocenters. The van der Waals surface area contributed by atoms with Crippen LogP contribution in [-0.4, -0.2) is 29.6 Å². The molecule has 0 aromatic heterocycles. The number of hydrogen-bond acceptors (Lipinski definition) is 4. The summed E-state index contributed by atoms with van der Waals surface area (Å²) in [4.78, 5) is 39.0. The molecule has 2 heterocycles. The molecule has 0 radical (unpaired) electrons. The van der Waals surface area contributed by atoms with Crippen molar-refractivity contribution in [3.8, 4) is 18.1 Å². The van der Waals surface area contributed by atoms with Gasteiger partial charge < -0.3 is 4.74 Å². The molecular weight excluding hydrogens is 320 g/mol. The lowest BCUT2D eigenvalue weighted by molar-refractivity contribution is -0.526. The second kappa shape index (κ2) is 5.85. The van der Waals surface area contributed by atoms with Crippen LogP contribution in [0.1, 0.15) is 37.3 Å². The molecule has 1 aromatic rings. The van der Waals surface area contributed by atoms with Gasteiger partial charge in [0.05, 0.1) is 17.8 Å². The largest absolute Gasteiger partial charge is 0.482 e. The van der Waals surface area contributed by atoms with Crippen molar-refractivity contribution >= 4 is 17.4 Å². The van der Waals surface area contributed by atoms with E-state index in [1.54, 1.807) is 18.2 Å². The Morgan fingerprint density at radius 3 is 2.84 bits per heavy atom. The summed E-state index contributed by atoms with van der Waals surface area (Å²) in [6.45, 7) is 0.0486. The molecule has 1 aromatic carbocycles. The average molecular weight is 337 g/mol. The van der Waals surface area contributed by atoms with Gasteiger partial charge in [-0.25, -0.2) is 0 Å². The van der Waals surface area contributed by atoms with Gasteiger partial charge in [0.15, 0.2) is 6.61 Å². The van der Waals surface area contributed by atoms with Gasteiger partial charge in [0.1, 0.15) is 5.75 Å². The normalized spacial score (nSPS) is 22.4. The molecule has 4 rings (SSSR count). The summed E-state index contributed by atoms with van der Waals surface area (Å²) in [6, 6.07) is 4.21. The van der Waals surface area contributed by atoms with E-state index in [2.05, 4.69) is 5.92 Å². The van der Waals surface area contributed by atoms with Crippen LogP contribution in [0.4, 0.5) is 5.69 Å². The molecule has 0 saturated heterocycles. The fourth-order valence-corrected chi connectivity index (χ4v) is 3.77. The van der Waals surface area contributed by atoms with Crippen molar-refractivity contribution < 1.29 is 19.1 Å². The molecule has 1 unspecified atom stereocenters. The number of amides is 1. The third-order valence-corrected chi connectivity index (χ3v) is 4.98. The minimum Gasteiger partial charge on any atom is -0.482 e. The zero-order valence-electron chi connectivity index (χ0n) is 13.7. The minimum absolute atomic E-state index is 0.0695. The maximum atomic E-state index is 12.7. The molecule has 0 bridgehead atoms. The highest BCUT2D eigenvalue weighted by Crippen LogP contribution is 2.42. The van der Waals surface area contributed by atoms with Crippen LogP contribution >= 0.6 is 0 Å². The number of hydrogen-bond donors (Lipinski definition) is 0. The van der Waals surface area contributed by atoms with Gasteiger partial charge in [0.2, 0.25) is 11.5 Å². The first-order chi connectivity index (χ1) is 12.1. The number of Topliss-reactive ketones (excluding diaryl/α,β-unsaturated/α-hetero) is 1. The molecule has 3 aliphatic rings. The van der Waals surface area contributed by atoms with Crippen molar-refractivity contribution in [2.45, 2.75) is 31.7 Å². The van der Waals surface area contributed by atoms with Gasteiger partial charge in [-0.15, -0.1) is 6.42 Å². The average Bonchev–Trinajstić information content (AvgIpc) is 2.88. The number of nitrogens with zero attached hydrogens (tertiary/aromatic N) is 2. The lowest BCUT2D eigenvalue weighted by Crippen LogP contribution is -2.39. The molecule has 0 N–H and O–H groups in total. The topological polar surface area (TPSA) is 66.7 Å². The second-order valence-electron chi connectivity index (χ2n) is 6.42. The first kappa shape index (κ1) is 15.6. The quantitative estimate of drug-likeness (QED) is 0.613. The molecular formula is C19H17N2O4+. The molecule has 25 heavy (non-hydrogen) atoms. The number of allylic oxidation sites excluding steroid dienone is 1. The van der Waals surface area contributed by atoms with E-state index in [9.17, 15) is 14.5 Å². The number of ketones is 1. The number of nitroso groups, excluding NO2 is 1. The van der Waals surface area contributed by atoms with E-state index in [0.717, 1.165) is 17.6 Å². The number of fused-ring (bicyclic) bond motifs is 1. The smallest absolute Gasteiger partial charge is 0.294 e. The summed E-state index contributed by atoms with van der Waals surface area (Å²) in [5.41, 5.74) is 2.36. The van der Waals surface area contributed by atoms with Gasteiger partial charge in [0.25, 0.3) is 11.9 Å². The molecule has 2 aliphatic heterocycles. The number of terminal acetylenes is 1. The maximum Gasteiger partial charge on any atom is 0.294 e. The van der Waals surface area contributed by atoms with Gasteiger partial charge in [-0.2, -0.15) is 0 Å². The Bertz CT molecular complexity index is 850. The van der Waals surface area contributed by atoms with Crippen LogP contribution in [0.2, 0.25) is 0 Å². The van der Waals surface area contributed by atoms with Crippen molar-refractivity contribution in [3.63, 3.8) is 0 Å². The van der Waals surface area contributed by atoms with Gasteiger partial charge in [-0.1, -0.05) is 5.92 Å². The van der Waals surface area contributed by atoms with E-state index in [1.165, 1.54) is 4.90 Å². The van der Waals surface area contributed by atoms with Crippen molar-refractivity contribution in [2.24, 2.45) is 0 Å². The van der Waals surface area contributed by atoms with E-state index in [4.69, 9.17) is 11.2 Å². The SMILES string of the molecule is C#CCN1C(=O)COc2ccc(C3C(=O)C4=C(CCCC4)[N+]3=O)cc21. The van der Waals surface area contributed by atoms with E-state index in [1.807, 2.05) is 0 Å². The summed E-state index contributed by atoms with van der Waals surface area (Å²) in [5.74, 6) is 2.62. The first-order valence-electron chi connectivity index (χ1n) is 8.35. The second-order valence-corrected chi connectivity index (χ2v) is 6.42. The van der Waals surface area contributed by atoms with E-state index in [0.29, 0.717) is 41.1 Å². The van der Waals surface area contributed by atoms with Crippen LogP contribution in [0.5, 0.6) is 5.75 Å². The summed E-state index contributed by atoms with van der Waals surface area (Å²) in [7, 11) is 0. The van der Waals surface area contributed by atoms with E-state index in [-0.39, 0.29) is 24.8 Å². The summed E-state index contributed by atoms with van der Waals surface area (Å²) >= 11 is 0. The number of carbonyl (C=O) groups excluding carboxylic acids is 2. The van der Waals surface area contributed by atoms with Gasteiger partial charge in [-0.3, -0.25) is 14.5 Å². The molecule has 0 fully saturated rings. The molecule has 6 nitrogen and oxygen atoms in total. The fourth-order valence-electron chi connectivity index (χ4n) is 3.77. The first-order valence-corrected chi connectivity index (χ1v) is 8.35. The van der Waals surface area contributed by atoms with Crippen LogP contribution in [0, 0.1) is 17.3 Å². The highest BCUT2D eigenvalue weighted by molar-refractivity contribution is 6.02. The van der Waals surface area contributed by atoms with Crippen molar-refractivity contribution in [3.05, 3.63) is 39.9 Å². The van der Waals surface area contributed by atoms with Gasteiger partial charge >= 0.3 is 0 Å². The lowest BCUT2D eigenvalue weighted by Gasteiger charge is -2.28. The Kier molecular flexibility index (Phi) is 3.65. The zero-order chi connectivity index (χ0) is 17.6. The third kappa shape index (κ3) is 2.35. The number of anilines is 1. The van der Waals surface area contributed by atoms with E-state index >= 15 is 0 Å². The van der Waals surface area contributed by atoms with E-state index < -0.39 is 6.04 Å². The number of benzene rings is 1. The van der Waals surface area contributed by atoms with Crippen LogP contribution in [0.15, 0.2) is 29.5 Å². The summed E-state index contributed by atoms with van der Waals surface area (Å²) in [6.07, 6.45) is 8.54. The third-order valence-electron chi connectivity index (χ3n) is 4.98. The van der Waals surface area contributed by atoms with Crippen molar-refractivity contribution in [2.75, 3.05) is 18.1 Å². The summed E-state index contributed by atoms with van der Waals surface area (Å²) < 4.78 is 6.27. The summed E-state index contributed by atoms with van der Waals surface area (Å²) in [5, 5.41) is 0. The van der Waals surface area contributed by atoms with Crippen molar-refractivity contribution in [1.29, 1.82) is 0 Å². The van der Waals surface area contributed by atoms with Crippen LogP contribution in [0.25, 0.3) is 0 Å². The fraction of sp³-hybridized carbons (Fsp3) is 0.368. The van der Waals surface area contributed by atoms with Crippen molar-refractivity contribution in [1.82, 2.24) is 0 Å². The predicted molar refractivity (Wildman–Crippen MR) is 90.0 cm³/mol. The molecule has 6 heteroatoms. The molecule has 1 amide bonds. The van der Waals surface area contributed by atoms with Crippen LogP contribution in [0.3, 0.4) is 0 Å². The standard InChI is InChI=1S/C19H17N2O4/c1-2-9-20-15-10-12(7-8-16(15)25-11-17(20)22)18-19(23)13-5-3-4-6-14(13)21(18)24/h1,7-8,10,18H,3-6,9,11H2/q+1. The Labute approximate surface area is 145 Å². The van der Waals surface area contributed by atoms with Crippen LogP contribution in [-0.2, 0) is 9.59 Å². The highest BCUT2D eigenvalue weighted by Gasteiger charge is 2.50. The molecule has 126 valence electrons. The Hall–Kier alpha value is -2.94. The minimum atomic E-state index is -0.877. The predicted octanol–water partition coefficient (Wildman–Crippen LogP) is 2.28. The Morgan fingerprint density at radius 1 is 1.28 bits per heavy atom. The molecule has 1 aliphatic carbocycles. The maximum absolute atomic E-state index is 12.7. The Morgan fingerprint density at radius 2 is 2.08 bits per heavy atom. The molecule has 0 saturated carbocycles. The zero-order valence-corrected chi connectivity index (χ0v) is 13.7. The number of rotatable bonds is 2. The van der Waals surface area contributed by atoms with Crippen LogP contribution < -0.4 is 9.64 Å². The molecule has 0 spiro atoms. The number of carbonyl (C=O) groups is 2. The lowest BCUT2D eigenvalue weighted by atomic mass is 9.93. The Balaban J connectivity index is 1.74. The van der Waals surface area contributed by atoms with Gasteiger partial charge in [-0.05, 0) is 37.5 Å². The monoisotopic (exact) mass is 337 g/mol.